The Labute approximate surface area is 206 Å². The lowest BCUT2D eigenvalue weighted by atomic mass is 10.0. The van der Waals surface area contributed by atoms with Gasteiger partial charge in [0.1, 0.15) is 5.69 Å². The zero-order valence-electron chi connectivity index (χ0n) is 19.7. The lowest BCUT2D eigenvalue weighted by molar-refractivity contribution is -0.138. The molecule has 10 heteroatoms. The number of hydrogen-bond donors (Lipinski definition) is 1. The van der Waals surface area contributed by atoms with Gasteiger partial charge in [-0.25, -0.2) is 13.4 Å². The Hall–Kier alpha value is -3.24. The minimum atomic E-state index is -4.54. The van der Waals surface area contributed by atoms with Crippen LogP contribution in [0.3, 0.4) is 0 Å². The minimum absolute atomic E-state index is 0.0331. The van der Waals surface area contributed by atoms with Crippen LogP contribution >= 0.6 is 0 Å². The second-order valence-corrected chi connectivity index (χ2v) is 11.3. The summed E-state index contributed by atoms with van der Waals surface area (Å²) in [7, 11) is -3.74. The van der Waals surface area contributed by atoms with Gasteiger partial charge in [0.15, 0.2) is 9.84 Å². The fraction of sp³-hybridized carbons (Fsp3) is 0.308. The third-order valence-electron chi connectivity index (χ3n) is 6.63. The molecule has 2 aromatic rings. The summed E-state index contributed by atoms with van der Waals surface area (Å²) >= 11 is 0. The van der Waals surface area contributed by atoms with Crippen molar-refractivity contribution in [2.75, 3.05) is 5.75 Å². The van der Waals surface area contributed by atoms with Crippen molar-refractivity contribution < 1.29 is 26.7 Å². The Balaban J connectivity index is 1.63. The summed E-state index contributed by atoms with van der Waals surface area (Å²) in [6, 6.07) is 11.3. The van der Waals surface area contributed by atoms with Crippen LogP contribution in [-0.2, 0) is 28.2 Å². The average molecular weight is 516 g/mol. The lowest BCUT2D eigenvalue weighted by Gasteiger charge is -2.14. The van der Waals surface area contributed by atoms with Crippen LogP contribution in [0.25, 0.3) is 33.9 Å². The number of aromatic nitrogens is 3. The molecule has 0 bridgehead atoms. The third-order valence-corrected chi connectivity index (χ3v) is 8.37. The maximum Gasteiger partial charge on any atom is 0.417 e. The highest BCUT2D eigenvalue weighted by atomic mass is 32.2. The summed E-state index contributed by atoms with van der Waals surface area (Å²) < 4.78 is 67.7. The molecule has 1 aliphatic carbocycles. The van der Waals surface area contributed by atoms with Crippen molar-refractivity contribution >= 4 is 9.84 Å². The van der Waals surface area contributed by atoms with Crippen LogP contribution in [0.5, 0.6) is 0 Å². The number of rotatable bonds is 6. The first kappa shape index (κ1) is 24.5. The van der Waals surface area contributed by atoms with Gasteiger partial charge < -0.3 is 9.67 Å². The second kappa shape index (κ2) is 8.41. The van der Waals surface area contributed by atoms with E-state index in [0.29, 0.717) is 24.1 Å². The molecule has 1 saturated carbocycles. The molecule has 0 atom stereocenters. The first-order chi connectivity index (χ1) is 16.9. The summed E-state index contributed by atoms with van der Waals surface area (Å²) in [5.74, 6) is -0.176. The molecule has 0 radical (unpaired) electrons. The van der Waals surface area contributed by atoms with Gasteiger partial charge >= 0.3 is 6.18 Å². The highest BCUT2D eigenvalue weighted by Gasteiger charge is 2.42. The van der Waals surface area contributed by atoms with Crippen LogP contribution in [0, 0.1) is 0 Å². The van der Waals surface area contributed by atoms with Crippen molar-refractivity contribution in [3.8, 4) is 33.9 Å². The van der Waals surface area contributed by atoms with Crippen LogP contribution in [0.1, 0.15) is 37.8 Å². The number of sulfone groups is 1. The Bertz CT molecular complexity index is 1520. The van der Waals surface area contributed by atoms with Gasteiger partial charge in [-0.1, -0.05) is 31.2 Å². The average Bonchev–Trinajstić information content (AvgIpc) is 3.46. The van der Waals surface area contributed by atoms with Crippen LogP contribution < -0.4 is 0 Å². The minimum Gasteiger partial charge on any atom is -0.385 e. The molecule has 0 spiro atoms. The van der Waals surface area contributed by atoms with E-state index in [-0.39, 0.29) is 34.3 Å². The lowest BCUT2D eigenvalue weighted by Crippen LogP contribution is -2.10. The summed E-state index contributed by atoms with van der Waals surface area (Å²) in [6.45, 7) is 3.52. The van der Waals surface area contributed by atoms with Crippen molar-refractivity contribution in [1.29, 1.82) is 0 Å². The Kier molecular flexibility index (Phi) is 5.72. The predicted molar refractivity (Wildman–Crippen MR) is 129 cm³/mol. The first-order valence-corrected chi connectivity index (χ1v) is 13.2. The van der Waals surface area contributed by atoms with E-state index in [1.165, 1.54) is 23.8 Å². The van der Waals surface area contributed by atoms with E-state index < -0.39 is 27.2 Å². The molecule has 5 rings (SSSR count). The van der Waals surface area contributed by atoms with Gasteiger partial charge in [-0.3, -0.25) is 4.98 Å². The SMILES string of the molecule is CCn1cc(C(F)(F)F)cc2nc(-c3ncc(-c4ccc(C5(O)CC5)cc4)cc3S(=O)(=O)CC)cc1-2. The van der Waals surface area contributed by atoms with E-state index in [2.05, 4.69) is 9.97 Å². The van der Waals surface area contributed by atoms with E-state index in [1.807, 2.05) is 24.3 Å². The Morgan fingerprint density at radius 2 is 1.72 bits per heavy atom. The smallest absolute Gasteiger partial charge is 0.385 e. The Morgan fingerprint density at radius 1 is 1.03 bits per heavy atom. The molecule has 0 unspecified atom stereocenters. The molecular formula is C26H24F3N3O3S. The van der Waals surface area contributed by atoms with Crippen molar-refractivity contribution in [1.82, 2.24) is 14.5 Å². The third kappa shape index (κ3) is 4.28. The van der Waals surface area contributed by atoms with Gasteiger partial charge in [-0.05, 0) is 49.1 Å². The molecule has 0 saturated heterocycles. The molecule has 2 aliphatic heterocycles. The van der Waals surface area contributed by atoms with Gasteiger partial charge in [0.25, 0.3) is 0 Å². The summed E-state index contributed by atoms with van der Waals surface area (Å²) in [5.41, 5.74) is 1.37. The fourth-order valence-electron chi connectivity index (χ4n) is 4.29. The molecule has 1 aromatic heterocycles. The van der Waals surface area contributed by atoms with E-state index in [4.69, 9.17) is 0 Å². The molecular weight excluding hydrogens is 491 g/mol. The van der Waals surface area contributed by atoms with Crippen molar-refractivity contribution in [3.63, 3.8) is 0 Å². The fourth-order valence-corrected chi connectivity index (χ4v) is 5.36. The molecule has 3 aliphatic rings. The number of alkyl halides is 3. The van der Waals surface area contributed by atoms with Crippen molar-refractivity contribution in [2.45, 2.75) is 49.9 Å². The first-order valence-electron chi connectivity index (χ1n) is 11.6. The number of pyridine rings is 2. The van der Waals surface area contributed by atoms with Gasteiger partial charge in [-0.2, -0.15) is 13.2 Å². The summed E-state index contributed by atoms with van der Waals surface area (Å²) in [5, 5.41) is 10.3. The monoisotopic (exact) mass is 515 g/mol. The van der Waals surface area contributed by atoms with E-state index in [1.54, 1.807) is 13.0 Å². The topological polar surface area (TPSA) is 85.1 Å². The zero-order chi connectivity index (χ0) is 25.9. The van der Waals surface area contributed by atoms with Gasteiger partial charge in [0.2, 0.25) is 0 Å². The van der Waals surface area contributed by atoms with Gasteiger partial charge in [0.05, 0.1) is 38.9 Å². The number of aliphatic hydroxyl groups is 1. The number of hydrogen-bond acceptors (Lipinski definition) is 5. The number of benzene rings is 1. The van der Waals surface area contributed by atoms with E-state index in [0.717, 1.165) is 23.4 Å². The number of fused-ring (bicyclic) bond motifs is 1. The van der Waals surface area contributed by atoms with Crippen LogP contribution in [-0.4, -0.2) is 33.8 Å². The normalized spacial score (nSPS) is 15.4. The number of halogens is 3. The molecule has 1 N–H and O–H groups in total. The Morgan fingerprint density at radius 3 is 2.31 bits per heavy atom. The van der Waals surface area contributed by atoms with Gasteiger partial charge in [0, 0.05) is 24.5 Å². The maximum atomic E-state index is 13.4. The van der Waals surface area contributed by atoms with Gasteiger partial charge in [-0.15, -0.1) is 0 Å². The summed E-state index contributed by atoms with van der Waals surface area (Å²) in [4.78, 5) is 8.74. The highest BCUT2D eigenvalue weighted by molar-refractivity contribution is 7.91. The molecule has 188 valence electrons. The summed E-state index contributed by atoms with van der Waals surface area (Å²) in [6.07, 6.45) is -0.559. The second-order valence-electron chi connectivity index (χ2n) is 9.01. The molecule has 0 amide bonds. The standard InChI is InChI=1S/C26H24F3N3O3S/c1-3-32-15-19(26(27,28)29)12-20-22(32)13-21(31-20)24-23(36(34,35)4-2)11-17(14-30-24)16-5-7-18(8-6-16)25(33)9-10-25/h5-8,11-15,33H,3-4,9-10H2,1-2H3. The van der Waals surface area contributed by atoms with E-state index >= 15 is 0 Å². The van der Waals surface area contributed by atoms with Crippen molar-refractivity contribution in [3.05, 3.63) is 66.0 Å². The highest BCUT2D eigenvalue weighted by Crippen LogP contribution is 2.45. The van der Waals surface area contributed by atoms with Crippen LogP contribution in [0.2, 0.25) is 0 Å². The number of nitrogens with zero attached hydrogens (tertiary/aromatic N) is 3. The number of aryl methyl sites for hydroxylation is 1. The quantitative estimate of drug-likeness (QED) is 0.365. The molecule has 36 heavy (non-hydrogen) atoms. The van der Waals surface area contributed by atoms with Crippen LogP contribution in [0.4, 0.5) is 13.2 Å². The molecule has 6 nitrogen and oxygen atoms in total. The van der Waals surface area contributed by atoms with E-state index in [9.17, 15) is 26.7 Å². The molecule has 1 aromatic carbocycles. The molecule has 3 heterocycles. The van der Waals surface area contributed by atoms with Crippen molar-refractivity contribution in [2.24, 2.45) is 0 Å². The predicted octanol–water partition coefficient (Wildman–Crippen LogP) is 5.53. The van der Waals surface area contributed by atoms with Crippen LogP contribution in [0.15, 0.2) is 59.8 Å². The maximum absolute atomic E-state index is 13.4. The molecule has 1 fully saturated rings. The largest absolute Gasteiger partial charge is 0.417 e. The zero-order valence-corrected chi connectivity index (χ0v) is 20.5.